The molecule has 7 heteroatoms. The van der Waals surface area contributed by atoms with Crippen LogP contribution >= 0.6 is 0 Å². The summed E-state index contributed by atoms with van der Waals surface area (Å²) in [6.45, 7) is 6.85. The summed E-state index contributed by atoms with van der Waals surface area (Å²) in [7, 11) is 1.40. The van der Waals surface area contributed by atoms with E-state index in [9.17, 15) is 9.59 Å². The molecule has 1 saturated heterocycles. The van der Waals surface area contributed by atoms with Crippen molar-refractivity contribution in [1.82, 2.24) is 15.5 Å². The first-order valence-electron chi connectivity index (χ1n) is 6.94. The Kier molecular flexibility index (Phi) is 6.74. The number of hydrogen-bond donors (Lipinski definition) is 3. The molecule has 2 unspecified atom stereocenters. The van der Waals surface area contributed by atoms with E-state index in [1.54, 1.807) is 0 Å². The van der Waals surface area contributed by atoms with Crippen LogP contribution in [0.1, 0.15) is 20.3 Å². The lowest BCUT2D eigenvalue weighted by atomic mass is 10.1. The zero-order chi connectivity index (χ0) is 15.1. The smallest absolute Gasteiger partial charge is 0.328 e. The third kappa shape index (κ3) is 5.34. The van der Waals surface area contributed by atoms with Crippen LogP contribution in [0.15, 0.2) is 0 Å². The SMILES string of the molecule is COCC(NC(=O)NCC1CCN(C(C)C)C1)C(=O)O. The molecule has 0 aliphatic carbocycles. The monoisotopic (exact) mass is 287 g/mol. The van der Waals surface area contributed by atoms with Crippen molar-refractivity contribution in [3.05, 3.63) is 0 Å². The van der Waals surface area contributed by atoms with Gasteiger partial charge in [-0.2, -0.15) is 0 Å². The first kappa shape index (κ1) is 16.7. The van der Waals surface area contributed by atoms with Crippen molar-refractivity contribution < 1.29 is 19.4 Å². The Hall–Kier alpha value is -1.34. The van der Waals surface area contributed by atoms with E-state index < -0.39 is 18.0 Å². The van der Waals surface area contributed by atoms with Crippen LogP contribution in [0.25, 0.3) is 0 Å². The second-order valence-electron chi connectivity index (χ2n) is 5.44. The molecule has 1 fully saturated rings. The minimum atomic E-state index is -1.10. The van der Waals surface area contributed by atoms with Crippen molar-refractivity contribution in [1.29, 1.82) is 0 Å². The van der Waals surface area contributed by atoms with Crippen molar-refractivity contribution in [2.75, 3.05) is 33.4 Å². The zero-order valence-corrected chi connectivity index (χ0v) is 12.4. The van der Waals surface area contributed by atoms with Crippen LogP contribution in [0, 0.1) is 5.92 Å². The standard InChI is InChI=1S/C13H25N3O4/c1-9(2)16-5-4-10(7-16)6-14-13(19)15-11(8-20-3)12(17)18/h9-11H,4-8H2,1-3H3,(H,17,18)(H2,14,15,19). The second-order valence-corrected chi connectivity index (χ2v) is 5.44. The van der Waals surface area contributed by atoms with E-state index in [0.717, 1.165) is 19.5 Å². The lowest BCUT2D eigenvalue weighted by Gasteiger charge is -2.20. The van der Waals surface area contributed by atoms with E-state index in [-0.39, 0.29) is 6.61 Å². The number of ether oxygens (including phenoxy) is 1. The molecule has 3 N–H and O–H groups in total. The van der Waals surface area contributed by atoms with Crippen LogP contribution in [0.5, 0.6) is 0 Å². The maximum absolute atomic E-state index is 11.7. The largest absolute Gasteiger partial charge is 0.480 e. The van der Waals surface area contributed by atoms with Gasteiger partial charge in [0.2, 0.25) is 0 Å². The molecule has 1 rings (SSSR count). The lowest BCUT2D eigenvalue weighted by Crippen LogP contribution is -2.49. The Labute approximate surface area is 119 Å². The molecule has 1 heterocycles. The van der Waals surface area contributed by atoms with Crippen molar-refractivity contribution in [2.45, 2.75) is 32.4 Å². The number of nitrogens with one attached hydrogen (secondary N) is 2. The number of carboxylic acids is 1. The first-order chi connectivity index (χ1) is 9.43. The third-order valence-corrected chi connectivity index (χ3v) is 3.54. The van der Waals surface area contributed by atoms with Crippen LogP contribution in [0.4, 0.5) is 4.79 Å². The van der Waals surface area contributed by atoms with Crippen LogP contribution < -0.4 is 10.6 Å². The second kappa shape index (κ2) is 8.06. The summed E-state index contributed by atoms with van der Waals surface area (Å²) in [4.78, 5) is 24.9. The maximum atomic E-state index is 11.7. The van der Waals surface area contributed by atoms with Gasteiger partial charge in [-0.25, -0.2) is 9.59 Å². The predicted octanol–water partition coefficient (Wildman–Crippen LogP) is 0.116. The highest BCUT2D eigenvalue weighted by molar-refractivity contribution is 5.82. The van der Waals surface area contributed by atoms with Crippen molar-refractivity contribution in [3.63, 3.8) is 0 Å². The molecule has 0 aromatic rings. The fourth-order valence-corrected chi connectivity index (χ4v) is 2.29. The number of nitrogens with zero attached hydrogens (tertiary/aromatic N) is 1. The highest BCUT2D eigenvalue weighted by Gasteiger charge is 2.25. The first-order valence-corrected chi connectivity index (χ1v) is 6.94. The summed E-state index contributed by atoms with van der Waals surface area (Å²) in [6.07, 6.45) is 1.05. The summed E-state index contributed by atoms with van der Waals surface area (Å²) in [5.41, 5.74) is 0. The number of likely N-dealkylation sites (tertiary alicyclic amines) is 1. The Morgan fingerprint density at radius 2 is 2.15 bits per heavy atom. The van der Waals surface area contributed by atoms with E-state index in [2.05, 4.69) is 29.4 Å². The molecule has 7 nitrogen and oxygen atoms in total. The van der Waals surface area contributed by atoms with Gasteiger partial charge in [-0.15, -0.1) is 0 Å². The maximum Gasteiger partial charge on any atom is 0.328 e. The van der Waals surface area contributed by atoms with Gasteiger partial charge in [-0.05, 0) is 32.7 Å². The van der Waals surface area contributed by atoms with E-state index in [1.807, 2.05) is 0 Å². The van der Waals surface area contributed by atoms with E-state index in [1.165, 1.54) is 7.11 Å². The minimum absolute atomic E-state index is 0.0483. The molecule has 0 bridgehead atoms. The topological polar surface area (TPSA) is 90.9 Å². The molecule has 0 aromatic carbocycles. The van der Waals surface area contributed by atoms with Crippen LogP contribution in [-0.2, 0) is 9.53 Å². The number of hydrogen-bond acceptors (Lipinski definition) is 4. The molecule has 1 aliphatic rings. The molecule has 2 atom stereocenters. The lowest BCUT2D eigenvalue weighted by molar-refractivity contribution is -0.140. The van der Waals surface area contributed by atoms with Gasteiger partial charge in [0.1, 0.15) is 0 Å². The molecular weight excluding hydrogens is 262 g/mol. The molecule has 0 aromatic heterocycles. The Morgan fingerprint density at radius 3 is 2.65 bits per heavy atom. The number of carbonyl (C=O) groups excluding carboxylic acids is 1. The summed E-state index contributed by atoms with van der Waals surface area (Å²) in [5, 5.41) is 14.0. The van der Waals surface area contributed by atoms with Gasteiger partial charge in [0.15, 0.2) is 6.04 Å². The van der Waals surface area contributed by atoms with Crippen LogP contribution in [0.2, 0.25) is 0 Å². The van der Waals surface area contributed by atoms with Gasteiger partial charge in [0, 0.05) is 26.2 Å². The fraction of sp³-hybridized carbons (Fsp3) is 0.846. The highest BCUT2D eigenvalue weighted by atomic mass is 16.5. The van der Waals surface area contributed by atoms with Gasteiger partial charge in [-0.1, -0.05) is 0 Å². The van der Waals surface area contributed by atoms with E-state index in [0.29, 0.717) is 18.5 Å². The summed E-state index contributed by atoms with van der Waals surface area (Å²) < 4.78 is 4.75. The summed E-state index contributed by atoms with van der Waals surface area (Å²) in [5.74, 6) is -0.678. The fourth-order valence-electron chi connectivity index (χ4n) is 2.29. The molecule has 0 saturated carbocycles. The van der Waals surface area contributed by atoms with Crippen LogP contribution in [-0.4, -0.2) is 67.4 Å². The predicted molar refractivity (Wildman–Crippen MR) is 74.7 cm³/mol. The van der Waals surface area contributed by atoms with E-state index in [4.69, 9.17) is 9.84 Å². The average Bonchev–Trinajstić information content (AvgIpc) is 2.84. The van der Waals surface area contributed by atoms with Crippen LogP contribution in [0.3, 0.4) is 0 Å². The molecular formula is C13H25N3O4. The van der Waals surface area contributed by atoms with Crippen molar-refractivity contribution in [2.24, 2.45) is 5.92 Å². The number of carbonyl (C=O) groups is 2. The molecule has 1 aliphatic heterocycles. The third-order valence-electron chi connectivity index (χ3n) is 3.54. The zero-order valence-electron chi connectivity index (χ0n) is 12.4. The van der Waals surface area contributed by atoms with Gasteiger partial charge < -0.3 is 25.4 Å². The van der Waals surface area contributed by atoms with Gasteiger partial charge in [0.25, 0.3) is 0 Å². The number of rotatable bonds is 7. The normalized spacial score (nSPS) is 20.9. The number of methoxy groups -OCH3 is 1. The molecule has 116 valence electrons. The van der Waals surface area contributed by atoms with Gasteiger partial charge in [-0.3, -0.25) is 0 Å². The molecule has 20 heavy (non-hydrogen) atoms. The number of amides is 2. The summed E-state index contributed by atoms with van der Waals surface area (Å²) in [6, 6.07) is -0.958. The highest BCUT2D eigenvalue weighted by Crippen LogP contribution is 2.17. The molecule has 0 spiro atoms. The quantitative estimate of drug-likeness (QED) is 0.618. The number of aliphatic carboxylic acids is 1. The average molecular weight is 287 g/mol. The number of carboxylic acid groups (broad SMARTS) is 1. The summed E-state index contributed by atoms with van der Waals surface area (Å²) >= 11 is 0. The minimum Gasteiger partial charge on any atom is -0.480 e. The van der Waals surface area contributed by atoms with Gasteiger partial charge in [0.05, 0.1) is 6.61 Å². The Bertz CT molecular complexity index is 336. The Balaban J connectivity index is 2.28. The molecule has 2 amide bonds. The van der Waals surface area contributed by atoms with Crippen molar-refractivity contribution in [3.8, 4) is 0 Å². The van der Waals surface area contributed by atoms with E-state index >= 15 is 0 Å². The Morgan fingerprint density at radius 1 is 1.45 bits per heavy atom. The molecule has 0 radical (unpaired) electrons. The number of urea groups is 1. The van der Waals surface area contributed by atoms with Crippen molar-refractivity contribution >= 4 is 12.0 Å². The van der Waals surface area contributed by atoms with Gasteiger partial charge >= 0.3 is 12.0 Å².